The summed E-state index contributed by atoms with van der Waals surface area (Å²) in [6.45, 7) is 0. The average molecular weight is 294 g/mol. The summed E-state index contributed by atoms with van der Waals surface area (Å²) in [4.78, 5) is 0. The molecule has 90 valence electrons. The van der Waals surface area contributed by atoms with Crippen LogP contribution in [-0.2, 0) is 0 Å². The summed E-state index contributed by atoms with van der Waals surface area (Å²) in [6.07, 6.45) is 4.51. The second-order valence-corrected chi connectivity index (χ2v) is 5.43. The smallest absolute Gasteiger partial charge is 0.0992 e. The van der Waals surface area contributed by atoms with Crippen molar-refractivity contribution in [3.63, 3.8) is 0 Å². The van der Waals surface area contributed by atoms with Gasteiger partial charge in [-0.15, -0.1) is 0 Å². The Morgan fingerprint density at radius 1 is 1.41 bits per heavy atom. The lowest BCUT2D eigenvalue weighted by atomic mass is 9.91. The average Bonchev–Trinajstić information content (AvgIpc) is 2.32. The number of nitriles is 1. The third kappa shape index (κ3) is 3.21. The molecule has 4 heteroatoms. The number of hydrogen-bond donors (Lipinski definition) is 2. The van der Waals surface area contributed by atoms with Crippen molar-refractivity contribution < 1.29 is 0 Å². The lowest BCUT2D eigenvalue weighted by Gasteiger charge is -2.28. The fraction of sp³-hybridized carbons (Fsp3) is 0.462. The molecule has 1 aliphatic rings. The number of nitrogens with zero attached hydrogens (tertiary/aromatic N) is 1. The van der Waals surface area contributed by atoms with Gasteiger partial charge in [-0.25, -0.2) is 0 Å². The van der Waals surface area contributed by atoms with Crippen LogP contribution >= 0.6 is 15.9 Å². The van der Waals surface area contributed by atoms with Crippen molar-refractivity contribution in [1.82, 2.24) is 0 Å². The molecule has 0 bridgehead atoms. The molecule has 17 heavy (non-hydrogen) atoms. The van der Waals surface area contributed by atoms with Crippen LogP contribution in [0.15, 0.2) is 22.7 Å². The second kappa shape index (κ2) is 5.52. The molecule has 2 atom stereocenters. The minimum Gasteiger partial charge on any atom is -0.381 e. The number of halogens is 1. The summed E-state index contributed by atoms with van der Waals surface area (Å²) in [5, 5.41) is 12.3. The lowest BCUT2D eigenvalue weighted by Crippen LogP contribution is -2.34. The van der Waals surface area contributed by atoms with Crippen molar-refractivity contribution in [2.24, 2.45) is 5.73 Å². The van der Waals surface area contributed by atoms with Crippen LogP contribution in [-0.4, -0.2) is 12.1 Å². The van der Waals surface area contributed by atoms with Gasteiger partial charge >= 0.3 is 0 Å². The Bertz CT molecular complexity index is 439. The molecule has 0 spiro atoms. The van der Waals surface area contributed by atoms with Crippen LogP contribution in [0.2, 0.25) is 0 Å². The Morgan fingerprint density at radius 2 is 2.24 bits per heavy atom. The number of nitrogens with one attached hydrogen (secondary N) is 1. The van der Waals surface area contributed by atoms with Crippen LogP contribution in [0.1, 0.15) is 31.2 Å². The molecule has 1 fully saturated rings. The summed E-state index contributed by atoms with van der Waals surface area (Å²) >= 11 is 3.49. The quantitative estimate of drug-likeness (QED) is 0.881. The third-order valence-electron chi connectivity index (χ3n) is 3.17. The minimum atomic E-state index is 0.318. The van der Waals surface area contributed by atoms with E-state index in [1.54, 1.807) is 0 Å². The SMILES string of the molecule is N#Cc1ccc(NC2CCCC(N)C2)c(Br)c1. The molecule has 1 aromatic rings. The first-order chi connectivity index (χ1) is 8.19. The highest BCUT2D eigenvalue weighted by atomic mass is 79.9. The molecule has 0 amide bonds. The Morgan fingerprint density at radius 3 is 2.88 bits per heavy atom. The van der Waals surface area contributed by atoms with Crippen molar-refractivity contribution in [3.05, 3.63) is 28.2 Å². The van der Waals surface area contributed by atoms with E-state index in [0.29, 0.717) is 17.6 Å². The Balaban J connectivity index is 2.06. The van der Waals surface area contributed by atoms with Crippen LogP contribution in [0.5, 0.6) is 0 Å². The van der Waals surface area contributed by atoms with E-state index in [0.717, 1.165) is 23.0 Å². The maximum atomic E-state index is 8.80. The molecule has 1 saturated carbocycles. The largest absolute Gasteiger partial charge is 0.381 e. The third-order valence-corrected chi connectivity index (χ3v) is 3.83. The lowest BCUT2D eigenvalue weighted by molar-refractivity contribution is 0.409. The van der Waals surface area contributed by atoms with Crippen LogP contribution in [0.4, 0.5) is 5.69 Å². The summed E-state index contributed by atoms with van der Waals surface area (Å²) in [6, 6.07) is 8.51. The van der Waals surface area contributed by atoms with Gasteiger partial charge < -0.3 is 11.1 Å². The van der Waals surface area contributed by atoms with Crippen LogP contribution in [0, 0.1) is 11.3 Å². The molecule has 1 aromatic carbocycles. The summed E-state index contributed by atoms with van der Waals surface area (Å²) < 4.78 is 0.940. The highest BCUT2D eigenvalue weighted by molar-refractivity contribution is 9.10. The summed E-state index contributed by atoms with van der Waals surface area (Å²) in [5.74, 6) is 0. The number of nitrogens with two attached hydrogens (primary N) is 1. The molecule has 0 heterocycles. The van der Waals surface area contributed by atoms with Crippen LogP contribution < -0.4 is 11.1 Å². The maximum Gasteiger partial charge on any atom is 0.0992 e. The molecule has 2 unspecified atom stereocenters. The molecule has 0 aromatic heterocycles. The molecule has 0 aliphatic heterocycles. The first kappa shape index (κ1) is 12.4. The van der Waals surface area contributed by atoms with E-state index in [2.05, 4.69) is 27.3 Å². The Kier molecular flexibility index (Phi) is 4.03. The standard InChI is InChI=1S/C13H16BrN3/c14-12-6-9(8-15)4-5-13(12)17-11-3-1-2-10(16)7-11/h4-6,10-11,17H,1-3,7,16H2. The van der Waals surface area contributed by atoms with Crippen molar-refractivity contribution in [2.45, 2.75) is 37.8 Å². The highest BCUT2D eigenvalue weighted by Gasteiger charge is 2.19. The summed E-state index contributed by atoms with van der Waals surface area (Å²) in [5.41, 5.74) is 7.68. The van der Waals surface area contributed by atoms with E-state index < -0.39 is 0 Å². The van der Waals surface area contributed by atoms with Gasteiger partial charge in [0.05, 0.1) is 11.6 Å². The number of hydrogen-bond acceptors (Lipinski definition) is 3. The normalized spacial score (nSPS) is 24.1. The fourth-order valence-corrected chi connectivity index (χ4v) is 2.77. The predicted molar refractivity (Wildman–Crippen MR) is 72.7 cm³/mol. The van der Waals surface area contributed by atoms with E-state index in [1.807, 2.05) is 18.2 Å². The number of rotatable bonds is 2. The van der Waals surface area contributed by atoms with Crippen molar-refractivity contribution in [2.75, 3.05) is 5.32 Å². The zero-order valence-electron chi connectivity index (χ0n) is 9.62. The molecule has 2 rings (SSSR count). The van der Waals surface area contributed by atoms with Gasteiger partial charge in [-0.1, -0.05) is 0 Å². The van der Waals surface area contributed by atoms with Gasteiger partial charge in [0.15, 0.2) is 0 Å². The predicted octanol–water partition coefficient (Wildman–Crippen LogP) is 3.00. The topological polar surface area (TPSA) is 61.8 Å². The van der Waals surface area contributed by atoms with Crippen molar-refractivity contribution in [3.8, 4) is 6.07 Å². The highest BCUT2D eigenvalue weighted by Crippen LogP contribution is 2.27. The van der Waals surface area contributed by atoms with E-state index in [-0.39, 0.29) is 0 Å². The van der Waals surface area contributed by atoms with E-state index >= 15 is 0 Å². The Labute approximate surface area is 110 Å². The van der Waals surface area contributed by atoms with Crippen LogP contribution in [0.3, 0.4) is 0 Å². The first-order valence-electron chi connectivity index (χ1n) is 5.91. The molecule has 0 saturated heterocycles. The Hall–Kier alpha value is -1.05. The van der Waals surface area contributed by atoms with Gasteiger partial charge in [0, 0.05) is 22.2 Å². The van der Waals surface area contributed by atoms with E-state index in [1.165, 1.54) is 12.8 Å². The fourth-order valence-electron chi connectivity index (χ4n) is 2.28. The zero-order valence-corrected chi connectivity index (χ0v) is 11.2. The number of anilines is 1. The molecule has 3 nitrogen and oxygen atoms in total. The van der Waals surface area contributed by atoms with Crippen LogP contribution in [0.25, 0.3) is 0 Å². The monoisotopic (exact) mass is 293 g/mol. The van der Waals surface area contributed by atoms with E-state index in [4.69, 9.17) is 11.0 Å². The molecule has 1 aliphatic carbocycles. The van der Waals surface area contributed by atoms with Gasteiger partial charge in [0.25, 0.3) is 0 Å². The first-order valence-corrected chi connectivity index (χ1v) is 6.70. The van der Waals surface area contributed by atoms with E-state index in [9.17, 15) is 0 Å². The van der Waals surface area contributed by atoms with Crippen molar-refractivity contribution in [1.29, 1.82) is 5.26 Å². The summed E-state index contributed by atoms with van der Waals surface area (Å²) in [7, 11) is 0. The second-order valence-electron chi connectivity index (χ2n) is 4.57. The minimum absolute atomic E-state index is 0.318. The number of benzene rings is 1. The zero-order chi connectivity index (χ0) is 12.3. The maximum absolute atomic E-state index is 8.80. The van der Waals surface area contributed by atoms with Gasteiger partial charge in [-0.05, 0) is 59.8 Å². The van der Waals surface area contributed by atoms with Gasteiger partial charge in [-0.3, -0.25) is 0 Å². The molecule has 3 N–H and O–H groups in total. The van der Waals surface area contributed by atoms with Gasteiger partial charge in [0.1, 0.15) is 0 Å². The van der Waals surface area contributed by atoms with Crippen molar-refractivity contribution >= 4 is 21.6 Å². The molecular weight excluding hydrogens is 278 g/mol. The molecular formula is C13H16BrN3. The van der Waals surface area contributed by atoms with Gasteiger partial charge in [0.2, 0.25) is 0 Å². The molecule has 0 radical (unpaired) electrons. The van der Waals surface area contributed by atoms with Gasteiger partial charge in [-0.2, -0.15) is 5.26 Å².